The lowest BCUT2D eigenvalue weighted by Gasteiger charge is -2.24. The van der Waals surface area contributed by atoms with Crippen LogP contribution in [0.1, 0.15) is 30.1 Å². The number of fused-ring (bicyclic) bond motifs is 3. The van der Waals surface area contributed by atoms with Gasteiger partial charge in [-0.2, -0.15) is 5.10 Å². The average molecular weight is 163 g/mol. The lowest BCUT2D eigenvalue weighted by atomic mass is 9.85. The van der Waals surface area contributed by atoms with Gasteiger partial charge in [0.25, 0.3) is 0 Å². The van der Waals surface area contributed by atoms with Crippen molar-refractivity contribution < 1.29 is 0 Å². The number of aromatic nitrogens is 2. The summed E-state index contributed by atoms with van der Waals surface area (Å²) in [6.45, 7) is 1.17. The predicted molar refractivity (Wildman–Crippen MR) is 45.8 cm³/mol. The van der Waals surface area contributed by atoms with Crippen LogP contribution in [0.15, 0.2) is 6.20 Å². The van der Waals surface area contributed by atoms with Crippen molar-refractivity contribution in [2.45, 2.75) is 25.3 Å². The molecule has 0 saturated carbocycles. The Kier molecular flexibility index (Phi) is 1.29. The van der Waals surface area contributed by atoms with Gasteiger partial charge in [-0.15, -0.1) is 0 Å². The molecule has 0 aromatic carbocycles. The second-order valence-electron chi connectivity index (χ2n) is 3.83. The van der Waals surface area contributed by atoms with Crippen molar-refractivity contribution in [3.63, 3.8) is 0 Å². The van der Waals surface area contributed by atoms with Crippen molar-refractivity contribution in [1.82, 2.24) is 15.5 Å². The summed E-state index contributed by atoms with van der Waals surface area (Å²) in [4.78, 5) is 0. The molecule has 1 aliphatic heterocycles. The molecular formula is C9H13N3. The maximum atomic E-state index is 4.10. The van der Waals surface area contributed by atoms with E-state index in [0.717, 1.165) is 5.92 Å². The lowest BCUT2D eigenvalue weighted by Crippen LogP contribution is -2.23. The van der Waals surface area contributed by atoms with Gasteiger partial charge >= 0.3 is 0 Å². The minimum absolute atomic E-state index is 0.580. The second-order valence-corrected chi connectivity index (χ2v) is 3.83. The van der Waals surface area contributed by atoms with E-state index >= 15 is 0 Å². The van der Waals surface area contributed by atoms with Gasteiger partial charge in [0.15, 0.2) is 0 Å². The third-order valence-corrected chi connectivity index (χ3v) is 3.20. The summed E-state index contributed by atoms with van der Waals surface area (Å²) in [5, 5.41) is 10.7. The molecule has 0 radical (unpaired) electrons. The summed E-state index contributed by atoms with van der Waals surface area (Å²) in [5.41, 5.74) is 2.77. The Bertz CT molecular complexity index is 292. The molecule has 2 unspecified atom stereocenters. The molecule has 64 valence electrons. The first-order valence-corrected chi connectivity index (χ1v) is 4.70. The first-order valence-electron chi connectivity index (χ1n) is 4.70. The van der Waals surface area contributed by atoms with Gasteiger partial charge in [0.1, 0.15) is 0 Å². The van der Waals surface area contributed by atoms with Gasteiger partial charge in [-0.05, 0) is 37.3 Å². The number of H-pyrrole nitrogens is 1. The van der Waals surface area contributed by atoms with Gasteiger partial charge in [-0.1, -0.05) is 0 Å². The molecule has 0 amide bonds. The molecule has 2 atom stereocenters. The zero-order chi connectivity index (χ0) is 7.97. The molecule has 1 aromatic rings. The number of rotatable bonds is 0. The van der Waals surface area contributed by atoms with E-state index in [4.69, 9.17) is 0 Å². The van der Waals surface area contributed by atoms with Crippen LogP contribution >= 0.6 is 0 Å². The maximum absolute atomic E-state index is 4.10. The Morgan fingerprint density at radius 2 is 2.42 bits per heavy atom. The van der Waals surface area contributed by atoms with E-state index in [0.29, 0.717) is 6.04 Å². The zero-order valence-corrected chi connectivity index (χ0v) is 7.01. The van der Waals surface area contributed by atoms with E-state index in [9.17, 15) is 0 Å². The summed E-state index contributed by atoms with van der Waals surface area (Å²) in [6, 6.07) is 0.580. The van der Waals surface area contributed by atoms with Crippen LogP contribution < -0.4 is 5.32 Å². The Morgan fingerprint density at radius 1 is 1.42 bits per heavy atom. The van der Waals surface area contributed by atoms with Crippen LogP contribution in [0.5, 0.6) is 0 Å². The predicted octanol–water partition coefficient (Wildman–Crippen LogP) is 1.01. The summed E-state index contributed by atoms with van der Waals surface area (Å²) in [5.74, 6) is 0.859. The number of nitrogens with zero attached hydrogens (tertiary/aromatic N) is 1. The van der Waals surface area contributed by atoms with Gasteiger partial charge in [-0.25, -0.2) is 0 Å². The van der Waals surface area contributed by atoms with Crippen molar-refractivity contribution >= 4 is 0 Å². The highest BCUT2D eigenvalue weighted by atomic mass is 15.1. The van der Waals surface area contributed by atoms with Gasteiger partial charge < -0.3 is 5.32 Å². The minimum Gasteiger partial charge on any atom is -0.308 e. The van der Waals surface area contributed by atoms with Crippen LogP contribution in [0, 0.1) is 5.92 Å². The quantitative estimate of drug-likeness (QED) is 0.599. The van der Waals surface area contributed by atoms with Crippen LogP contribution in [0.3, 0.4) is 0 Å². The smallest absolute Gasteiger partial charge is 0.0556 e. The molecule has 2 aliphatic rings. The van der Waals surface area contributed by atoms with Crippen LogP contribution in [-0.4, -0.2) is 16.7 Å². The first kappa shape index (κ1) is 6.66. The average Bonchev–Trinajstić information content (AvgIpc) is 2.71. The molecule has 1 saturated heterocycles. The van der Waals surface area contributed by atoms with E-state index in [1.807, 2.05) is 6.20 Å². The molecule has 1 aromatic heterocycles. The summed E-state index contributed by atoms with van der Waals surface area (Å²) in [6.07, 6.45) is 5.87. The number of hydrogen-bond donors (Lipinski definition) is 2. The summed E-state index contributed by atoms with van der Waals surface area (Å²) < 4.78 is 0. The molecule has 1 fully saturated rings. The fourth-order valence-corrected chi connectivity index (χ4v) is 2.54. The highest BCUT2D eigenvalue weighted by molar-refractivity contribution is 5.25. The fraction of sp³-hybridized carbons (Fsp3) is 0.667. The molecule has 3 heteroatoms. The second kappa shape index (κ2) is 2.33. The Hall–Kier alpha value is -0.830. The summed E-state index contributed by atoms with van der Waals surface area (Å²) >= 11 is 0. The molecule has 12 heavy (non-hydrogen) atoms. The zero-order valence-electron chi connectivity index (χ0n) is 7.01. The molecule has 2 N–H and O–H groups in total. The molecule has 0 spiro atoms. The van der Waals surface area contributed by atoms with Crippen molar-refractivity contribution in [3.8, 4) is 0 Å². The fourth-order valence-electron chi connectivity index (χ4n) is 2.54. The maximum Gasteiger partial charge on any atom is 0.0556 e. The Morgan fingerprint density at radius 3 is 3.42 bits per heavy atom. The van der Waals surface area contributed by atoms with Gasteiger partial charge in [0, 0.05) is 0 Å². The van der Waals surface area contributed by atoms with Crippen LogP contribution in [0.4, 0.5) is 0 Å². The third kappa shape index (κ3) is 0.771. The third-order valence-electron chi connectivity index (χ3n) is 3.20. The SMILES string of the molecule is c1n[nH]c2c1CCC1CCNC21. The number of aromatic amines is 1. The van der Waals surface area contributed by atoms with Gasteiger partial charge in [0.05, 0.1) is 17.9 Å². The molecule has 1 aliphatic carbocycles. The van der Waals surface area contributed by atoms with Crippen molar-refractivity contribution in [2.75, 3.05) is 6.54 Å². The molecule has 3 rings (SSSR count). The number of hydrogen-bond acceptors (Lipinski definition) is 2. The van der Waals surface area contributed by atoms with Crippen LogP contribution in [0.25, 0.3) is 0 Å². The topological polar surface area (TPSA) is 40.7 Å². The van der Waals surface area contributed by atoms with Gasteiger partial charge in [0.2, 0.25) is 0 Å². The Labute approximate surface area is 71.6 Å². The number of nitrogens with one attached hydrogen (secondary N) is 2. The van der Waals surface area contributed by atoms with Crippen molar-refractivity contribution in [1.29, 1.82) is 0 Å². The van der Waals surface area contributed by atoms with Crippen LogP contribution in [0.2, 0.25) is 0 Å². The number of aryl methyl sites for hydroxylation is 1. The van der Waals surface area contributed by atoms with Crippen molar-refractivity contribution in [2.24, 2.45) is 5.92 Å². The van der Waals surface area contributed by atoms with E-state index in [1.165, 1.54) is 37.1 Å². The van der Waals surface area contributed by atoms with Crippen LogP contribution in [-0.2, 0) is 6.42 Å². The highest BCUT2D eigenvalue weighted by Crippen LogP contribution is 2.37. The molecule has 3 nitrogen and oxygen atoms in total. The van der Waals surface area contributed by atoms with E-state index in [-0.39, 0.29) is 0 Å². The van der Waals surface area contributed by atoms with E-state index < -0.39 is 0 Å². The monoisotopic (exact) mass is 163 g/mol. The molecule has 2 heterocycles. The normalized spacial score (nSPS) is 33.0. The highest BCUT2D eigenvalue weighted by Gasteiger charge is 2.33. The van der Waals surface area contributed by atoms with E-state index in [1.54, 1.807) is 0 Å². The summed E-state index contributed by atoms with van der Waals surface area (Å²) in [7, 11) is 0. The molecular weight excluding hydrogens is 150 g/mol. The van der Waals surface area contributed by atoms with E-state index in [2.05, 4.69) is 15.5 Å². The Balaban J connectivity index is 2.04. The lowest BCUT2D eigenvalue weighted by molar-refractivity contribution is 0.398. The minimum atomic E-state index is 0.580. The molecule has 0 bridgehead atoms. The standard InChI is InChI=1S/C9H13N3/c1-2-7-5-11-12-9(7)8-6(1)3-4-10-8/h5-6,8,10H,1-4H2,(H,11,12). The largest absolute Gasteiger partial charge is 0.308 e. The van der Waals surface area contributed by atoms with Gasteiger partial charge in [-0.3, -0.25) is 5.10 Å². The first-order chi connectivity index (χ1) is 5.95. The van der Waals surface area contributed by atoms with Crippen molar-refractivity contribution in [3.05, 3.63) is 17.5 Å².